The molecule has 15 heteroatoms. The van der Waals surface area contributed by atoms with Crippen LogP contribution in [0.2, 0.25) is 5.02 Å². The van der Waals surface area contributed by atoms with E-state index in [0.717, 1.165) is 168 Å². The molecule has 0 saturated carbocycles. The van der Waals surface area contributed by atoms with Crippen molar-refractivity contribution in [3.63, 3.8) is 0 Å². The Morgan fingerprint density at radius 1 is 0.558 bits per heavy atom. The molecule has 0 bridgehead atoms. The Hall–Kier alpha value is -6.81. The number of nitrogens with zero attached hydrogens (tertiary/aromatic N) is 7. The van der Waals surface area contributed by atoms with Gasteiger partial charge in [-0.25, -0.2) is 18.7 Å². The van der Waals surface area contributed by atoms with Gasteiger partial charge in [-0.3, -0.25) is 9.97 Å². The van der Waals surface area contributed by atoms with E-state index in [2.05, 4.69) is 78.3 Å². The molecule has 0 atom stereocenters. The first-order valence-electron chi connectivity index (χ1n) is 26.9. The molecule has 4 fully saturated rings. The maximum atomic E-state index is 14.5. The number of morpholine rings is 2. The molecule has 0 unspecified atom stereocenters. The lowest BCUT2D eigenvalue weighted by molar-refractivity contribution is 0.0558. The zero-order valence-corrected chi connectivity index (χ0v) is 44.4. The number of ether oxygens (including phenoxy) is 4. The van der Waals surface area contributed by atoms with Crippen LogP contribution in [0.25, 0.3) is 44.3 Å². The van der Waals surface area contributed by atoms with Crippen LogP contribution >= 0.6 is 11.6 Å². The van der Waals surface area contributed by atoms with Crippen LogP contribution in [0.4, 0.5) is 37.2 Å². The highest BCUT2D eigenvalue weighted by atomic mass is 35.5. The number of rotatable bonds is 5. The third kappa shape index (κ3) is 10.1. The van der Waals surface area contributed by atoms with Crippen molar-refractivity contribution in [1.82, 2.24) is 19.9 Å². The molecule has 77 heavy (non-hydrogen) atoms. The van der Waals surface area contributed by atoms with Gasteiger partial charge in [0.2, 0.25) is 0 Å². The predicted octanol–water partition coefficient (Wildman–Crippen LogP) is 12.2. The molecule has 4 saturated heterocycles. The zero-order valence-electron chi connectivity index (χ0n) is 43.7. The number of benzene rings is 4. The molecule has 0 amide bonds. The maximum absolute atomic E-state index is 14.5. The van der Waals surface area contributed by atoms with E-state index in [4.69, 9.17) is 35.5 Å². The van der Waals surface area contributed by atoms with E-state index >= 15 is 0 Å². The van der Waals surface area contributed by atoms with Crippen LogP contribution in [0.15, 0.2) is 122 Å². The summed E-state index contributed by atoms with van der Waals surface area (Å²) >= 11 is 6.35. The summed E-state index contributed by atoms with van der Waals surface area (Å²) in [6.07, 6.45) is 11.3. The summed E-state index contributed by atoms with van der Waals surface area (Å²) in [5, 5.41) is 5.95. The van der Waals surface area contributed by atoms with Gasteiger partial charge in [0.05, 0.1) is 59.6 Å². The fraction of sp³-hybridized carbons (Fsp3) is 0.355. The standard InChI is InChI=1S/C31H31FN4O2.C16H22N2O2.C15H10ClFN2/c1-21-29(22-3-2-10-33-19-22)34-27-17-23(32)4-6-25(27)30(21)36-20-31(8-13-37-14-9-31)26-7-5-24(18-28(26)36)35-11-15-38-16-12-35;1-2-14-15(11-13(1)18-5-9-20-10-6-18)17-12-16(14)3-7-19-8-4-16;1-9-14(16)12-5-4-11(17)7-13(12)19-15(9)10-3-2-6-18-8-10/h2-7,10,17-19H,8-9,11-16,20H2,1H3;1-2,11,17H,3-10,12H2;2-8H,1H3. The van der Waals surface area contributed by atoms with Gasteiger partial charge < -0.3 is 39.0 Å². The molecular formula is C62H63ClF2N8O4. The van der Waals surface area contributed by atoms with Crippen LogP contribution in [0.1, 0.15) is 47.9 Å². The van der Waals surface area contributed by atoms with E-state index in [0.29, 0.717) is 21.5 Å². The molecule has 0 radical (unpaired) electrons. The van der Waals surface area contributed by atoms with E-state index < -0.39 is 0 Å². The smallest absolute Gasteiger partial charge is 0.125 e. The van der Waals surface area contributed by atoms with Crippen molar-refractivity contribution in [2.45, 2.75) is 50.4 Å². The van der Waals surface area contributed by atoms with Crippen molar-refractivity contribution in [2.75, 3.05) is 112 Å². The third-order valence-corrected chi connectivity index (χ3v) is 17.0. The molecule has 6 aliphatic rings. The van der Waals surface area contributed by atoms with Gasteiger partial charge in [0.1, 0.15) is 11.6 Å². The molecule has 14 rings (SSSR count). The van der Waals surface area contributed by atoms with Crippen LogP contribution in [-0.4, -0.2) is 112 Å². The predicted molar refractivity (Wildman–Crippen MR) is 302 cm³/mol. The monoisotopic (exact) mass is 1060 g/mol. The molecule has 396 valence electrons. The van der Waals surface area contributed by atoms with Crippen molar-refractivity contribution in [3.05, 3.63) is 161 Å². The van der Waals surface area contributed by atoms with E-state index in [9.17, 15) is 8.78 Å². The number of halogens is 3. The summed E-state index contributed by atoms with van der Waals surface area (Å²) in [6.45, 7) is 16.2. The third-order valence-electron chi connectivity index (χ3n) is 16.6. The topological polar surface area (TPSA) is 110 Å². The zero-order chi connectivity index (χ0) is 52.5. The Morgan fingerprint density at radius 2 is 1.08 bits per heavy atom. The highest BCUT2D eigenvalue weighted by Gasteiger charge is 2.45. The fourth-order valence-corrected chi connectivity index (χ4v) is 12.6. The number of fused-ring (bicyclic) bond motifs is 6. The number of nitrogens with one attached hydrogen (secondary N) is 1. The van der Waals surface area contributed by atoms with Crippen LogP contribution in [0.3, 0.4) is 0 Å². The van der Waals surface area contributed by atoms with Crippen LogP contribution in [0, 0.1) is 25.5 Å². The number of anilines is 5. The quantitative estimate of drug-likeness (QED) is 0.177. The van der Waals surface area contributed by atoms with Gasteiger partial charge in [-0.05, 0) is 135 Å². The van der Waals surface area contributed by atoms with Crippen molar-refractivity contribution < 1.29 is 27.7 Å². The maximum Gasteiger partial charge on any atom is 0.125 e. The van der Waals surface area contributed by atoms with Crippen molar-refractivity contribution in [2.24, 2.45) is 0 Å². The van der Waals surface area contributed by atoms with E-state index in [-0.39, 0.29) is 17.0 Å². The van der Waals surface area contributed by atoms with Crippen molar-refractivity contribution in [3.8, 4) is 22.5 Å². The first kappa shape index (κ1) is 51.0. The Bertz CT molecular complexity index is 3420. The van der Waals surface area contributed by atoms with Gasteiger partial charge in [-0.2, -0.15) is 0 Å². The lowest BCUT2D eigenvalue weighted by Gasteiger charge is -2.35. The Balaban J connectivity index is 0.000000128. The van der Waals surface area contributed by atoms with Crippen molar-refractivity contribution >= 4 is 61.8 Å². The Kier molecular flexibility index (Phi) is 14.5. The van der Waals surface area contributed by atoms with Gasteiger partial charge in [-0.1, -0.05) is 23.7 Å². The minimum absolute atomic E-state index is 0.0215. The minimum Gasteiger partial charge on any atom is -0.384 e. The molecule has 1 N–H and O–H groups in total. The molecule has 12 nitrogen and oxygen atoms in total. The summed E-state index contributed by atoms with van der Waals surface area (Å²) < 4.78 is 50.2. The normalized spacial score (nSPS) is 18.3. The molecule has 10 heterocycles. The van der Waals surface area contributed by atoms with E-state index in [1.165, 1.54) is 46.0 Å². The van der Waals surface area contributed by atoms with Crippen LogP contribution in [-0.2, 0) is 29.8 Å². The average molecular weight is 1060 g/mol. The van der Waals surface area contributed by atoms with Crippen molar-refractivity contribution in [1.29, 1.82) is 0 Å². The van der Waals surface area contributed by atoms with E-state index in [1.807, 2.05) is 43.5 Å². The van der Waals surface area contributed by atoms with Gasteiger partial charge in [-0.15, -0.1) is 0 Å². The fourth-order valence-electron chi connectivity index (χ4n) is 12.3. The second-order valence-corrected chi connectivity index (χ2v) is 21.4. The average Bonchev–Trinajstić information content (AvgIpc) is 4.02. The minimum atomic E-state index is -0.322. The molecule has 0 aliphatic carbocycles. The van der Waals surface area contributed by atoms with Crippen LogP contribution in [0.5, 0.6) is 0 Å². The SMILES string of the molecule is Cc1c(-c2cccnc2)nc2cc(F)ccc2c1Cl.Cc1c(-c2cccnc2)nc2cc(F)ccc2c1N1CC2(CCOCC2)c2ccc(N3CCOCC3)cc21.c1cc2c(cc1N1CCOCC1)NCC21CCOCC1. The lowest BCUT2D eigenvalue weighted by Crippen LogP contribution is -2.37. The summed E-state index contributed by atoms with van der Waals surface area (Å²) in [4.78, 5) is 25.2. The van der Waals surface area contributed by atoms with Crippen LogP contribution < -0.4 is 20.0 Å². The second-order valence-electron chi connectivity index (χ2n) is 21.0. The highest BCUT2D eigenvalue weighted by molar-refractivity contribution is 6.36. The van der Waals surface area contributed by atoms with Gasteiger partial charge in [0.15, 0.2) is 0 Å². The van der Waals surface area contributed by atoms with Gasteiger partial charge in [0, 0.05) is 158 Å². The summed E-state index contributed by atoms with van der Waals surface area (Å²) in [6, 6.07) is 31.0. The largest absolute Gasteiger partial charge is 0.384 e. The lowest BCUT2D eigenvalue weighted by atomic mass is 9.76. The molecule has 4 aromatic carbocycles. The molecule has 8 aromatic rings. The summed E-state index contributed by atoms with van der Waals surface area (Å²) in [5.41, 5.74) is 15.9. The summed E-state index contributed by atoms with van der Waals surface area (Å²) in [7, 11) is 0. The van der Waals surface area contributed by atoms with Gasteiger partial charge in [0.25, 0.3) is 0 Å². The molecule has 6 aliphatic heterocycles. The number of hydrogen-bond donors (Lipinski definition) is 1. The highest BCUT2D eigenvalue weighted by Crippen LogP contribution is 2.53. The summed E-state index contributed by atoms with van der Waals surface area (Å²) in [5.74, 6) is -0.605. The second kappa shape index (κ2) is 21.9. The Labute approximate surface area is 453 Å². The number of pyridine rings is 4. The number of aromatic nitrogens is 4. The Morgan fingerprint density at radius 3 is 1.66 bits per heavy atom. The number of hydrogen-bond acceptors (Lipinski definition) is 12. The molecular weight excluding hydrogens is 994 g/mol. The molecule has 2 spiro atoms. The first-order valence-corrected chi connectivity index (χ1v) is 27.3. The van der Waals surface area contributed by atoms with Gasteiger partial charge >= 0.3 is 0 Å². The first-order chi connectivity index (χ1) is 37.7. The van der Waals surface area contributed by atoms with E-state index in [1.54, 1.807) is 36.8 Å². The molecule has 4 aromatic heterocycles.